The van der Waals surface area contributed by atoms with Gasteiger partial charge in [0.2, 0.25) is 0 Å². The maximum absolute atomic E-state index is 9.88. The van der Waals surface area contributed by atoms with Crippen molar-refractivity contribution >= 4 is 16.3 Å². The van der Waals surface area contributed by atoms with E-state index in [0.29, 0.717) is 0 Å². The van der Waals surface area contributed by atoms with E-state index >= 15 is 0 Å². The highest BCUT2D eigenvalue weighted by Crippen LogP contribution is 1.92. The molecule has 4 heteroatoms. The van der Waals surface area contributed by atoms with Crippen LogP contribution in [0, 0.1) is 0 Å². The molecule has 1 amide bonds. The number of rotatable bonds is 4. The summed E-state index contributed by atoms with van der Waals surface area (Å²) in [5, 5.41) is 10.3. The van der Waals surface area contributed by atoms with Crippen molar-refractivity contribution < 1.29 is 9.90 Å². The molecular formula is C6H13NO2Si. The molecule has 10 heavy (non-hydrogen) atoms. The summed E-state index contributed by atoms with van der Waals surface area (Å²) in [6, 6.07) is 1.28. The number of unbranched alkanes of at least 4 members (excludes halogenated alkanes) is 1. The summed E-state index contributed by atoms with van der Waals surface area (Å²) >= 11 is 0. The molecule has 0 bridgehead atoms. The standard InChI is InChI=1S/C6H13NO2Si/c8-6(9)7-4-2-1-3-5-10/h2,4,7H,1,3,5H2,10H3,(H,8,9). The van der Waals surface area contributed by atoms with E-state index in [9.17, 15) is 4.79 Å². The van der Waals surface area contributed by atoms with Gasteiger partial charge in [0.1, 0.15) is 0 Å². The maximum atomic E-state index is 9.88. The lowest BCUT2D eigenvalue weighted by Gasteiger charge is -1.89. The molecule has 0 aliphatic heterocycles. The Kier molecular flexibility index (Phi) is 5.86. The second kappa shape index (κ2) is 6.35. The fourth-order valence-electron chi connectivity index (χ4n) is 0.536. The SMILES string of the molecule is O=C(O)NC=CCCC[SiH3]. The second-order valence-electron chi connectivity index (χ2n) is 1.99. The van der Waals surface area contributed by atoms with Crippen LogP contribution in [0.2, 0.25) is 6.04 Å². The van der Waals surface area contributed by atoms with Gasteiger partial charge in [0, 0.05) is 16.4 Å². The smallest absolute Gasteiger partial charge is 0.408 e. The fourth-order valence-corrected chi connectivity index (χ4v) is 0.944. The monoisotopic (exact) mass is 159 g/mol. The Balaban J connectivity index is 3.12. The van der Waals surface area contributed by atoms with E-state index in [4.69, 9.17) is 5.11 Å². The van der Waals surface area contributed by atoms with Gasteiger partial charge in [-0.25, -0.2) is 4.79 Å². The van der Waals surface area contributed by atoms with Crippen molar-refractivity contribution in [3.63, 3.8) is 0 Å². The summed E-state index contributed by atoms with van der Waals surface area (Å²) in [5.41, 5.74) is 0. The third kappa shape index (κ3) is 7.23. The first-order valence-electron chi connectivity index (χ1n) is 3.42. The zero-order valence-electron chi connectivity index (χ0n) is 6.13. The number of amides is 1. The summed E-state index contributed by atoms with van der Waals surface area (Å²) in [5.74, 6) is 0. The highest BCUT2D eigenvalue weighted by atomic mass is 28.1. The molecule has 0 aromatic rings. The lowest BCUT2D eigenvalue weighted by atomic mass is 10.3. The van der Waals surface area contributed by atoms with E-state index in [-0.39, 0.29) is 0 Å². The van der Waals surface area contributed by atoms with Crippen molar-refractivity contribution in [2.24, 2.45) is 0 Å². The molecule has 0 atom stereocenters. The zero-order valence-corrected chi connectivity index (χ0v) is 8.13. The Labute approximate surface area is 63.6 Å². The van der Waals surface area contributed by atoms with Gasteiger partial charge in [0.15, 0.2) is 0 Å². The van der Waals surface area contributed by atoms with Gasteiger partial charge in [-0.15, -0.1) is 0 Å². The van der Waals surface area contributed by atoms with Gasteiger partial charge < -0.3 is 5.11 Å². The number of allylic oxidation sites excluding steroid dienone is 1. The first-order valence-corrected chi connectivity index (χ1v) is 4.83. The van der Waals surface area contributed by atoms with E-state index in [2.05, 4.69) is 5.32 Å². The van der Waals surface area contributed by atoms with Crippen molar-refractivity contribution in [1.29, 1.82) is 0 Å². The highest BCUT2D eigenvalue weighted by Gasteiger charge is 1.84. The van der Waals surface area contributed by atoms with Crippen LogP contribution >= 0.6 is 0 Å². The molecule has 0 spiro atoms. The minimum atomic E-state index is -0.998. The van der Waals surface area contributed by atoms with Gasteiger partial charge in [-0.3, -0.25) is 5.32 Å². The largest absolute Gasteiger partial charge is 0.465 e. The molecular weight excluding hydrogens is 146 g/mol. The molecule has 58 valence electrons. The van der Waals surface area contributed by atoms with Crippen LogP contribution in [-0.4, -0.2) is 21.4 Å². The molecule has 0 saturated heterocycles. The van der Waals surface area contributed by atoms with Gasteiger partial charge in [0.25, 0.3) is 0 Å². The molecule has 2 N–H and O–H groups in total. The molecule has 0 aromatic carbocycles. The molecule has 0 aromatic heterocycles. The third-order valence-electron chi connectivity index (χ3n) is 1.05. The molecule has 0 fully saturated rings. The van der Waals surface area contributed by atoms with Gasteiger partial charge in [-0.1, -0.05) is 18.5 Å². The molecule has 0 unspecified atom stereocenters. The molecule has 0 rings (SSSR count). The van der Waals surface area contributed by atoms with Crippen LogP contribution in [0.25, 0.3) is 0 Å². The van der Waals surface area contributed by atoms with Gasteiger partial charge in [-0.2, -0.15) is 0 Å². The number of hydrogen-bond acceptors (Lipinski definition) is 1. The zero-order chi connectivity index (χ0) is 7.82. The summed E-state index contributed by atoms with van der Waals surface area (Å²) in [6.07, 6.45) is 4.46. The van der Waals surface area contributed by atoms with Gasteiger partial charge in [0.05, 0.1) is 0 Å². The van der Waals surface area contributed by atoms with Gasteiger partial charge >= 0.3 is 6.09 Å². The van der Waals surface area contributed by atoms with E-state index in [1.807, 2.05) is 6.08 Å². The summed E-state index contributed by atoms with van der Waals surface area (Å²) in [7, 11) is 1.23. The molecule has 0 aliphatic rings. The Morgan fingerprint density at radius 2 is 2.40 bits per heavy atom. The first-order chi connectivity index (χ1) is 4.77. The Morgan fingerprint density at radius 1 is 1.70 bits per heavy atom. The van der Waals surface area contributed by atoms with Crippen molar-refractivity contribution in [3.05, 3.63) is 12.3 Å². The Bertz CT molecular complexity index is 125. The molecule has 0 radical (unpaired) electrons. The van der Waals surface area contributed by atoms with Crippen molar-refractivity contribution in [3.8, 4) is 0 Å². The highest BCUT2D eigenvalue weighted by molar-refractivity contribution is 6.08. The summed E-state index contributed by atoms with van der Waals surface area (Å²) < 4.78 is 0. The maximum Gasteiger partial charge on any atom is 0.408 e. The van der Waals surface area contributed by atoms with Crippen LogP contribution in [0.15, 0.2) is 12.3 Å². The van der Waals surface area contributed by atoms with Gasteiger partial charge in [-0.05, 0) is 6.42 Å². The number of carboxylic acid groups (broad SMARTS) is 1. The first kappa shape index (κ1) is 9.23. The normalized spacial score (nSPS) is 10.4. The van der Waals surface area contributed by atoms with Crippen LogP contribution in [0.4, 0.5) is 4.79 Å². The van der Waals surface area contributed by atoms with Crippen molar-refractivity contribution in [2.45, 2.75) is 18.9 Å². The average Bonchev–Trinajstić information content (AvgIpc) is 1.87. The minimum Gasteiger partial charge on any atom is -0.465 e. The van der Waals surface area contributed by atoms with Crippen molar-refractivity contribution in [2.75, 3.05) is 0 Å². The predicted octanol–water partition coefficient (Wildman–Crippen LogP) is 0.332. The van der Waals surface area contributed by atoms with E-state index in [1.54, 1.807) is 0 Å². The topological polar surface area (TPSA) is 49.3 Å². The van der Waals surface area contributed by atoms with Crippen LogP contribution in [-0.2, 0) is 0 Å². The van der Waals surface area contributed by atoms with Crippen LogP contribution in [0.1, 0.15) is 12.8 Å². The van der Waals surface area contributed by atoms with Crippen LogP contribution < -0.4 is 5.32 Å². The minimum absolute atomic E-state index is 0.976. The molecule has 3 nitrogen and oxygen atoms in total. The lowest BCUT2D eigenvalue weighted by molar-refractivity contribution is 0.198. The summed E-state index contributed by atoms with van der Waals surface area (Å²) in [4.78, 5) is 9.88. The van der Waals surface area contributed by atoms with E-state index in [1.165, 1.54) is 28.9 Å². The number of carbonyl (C=O) groups is 1. The number of nitrogens with one attached hydrogen (secondary N) is 1. The second-order valence-corrected chi connectivity index (χ2v) is 2.99. The van der Waals surface area contributed by atoms with Crippen LogP contribution in [0.3, 0.4) is 0 Å². The molecule has 0 saturated carbocycles. The lowest BCUT2D eigenvalue weighted by Crippen LogP contribution is -2.12. The van der Waals surface area contributed by atoms with E-state index < -0.39 is 6.09 Å². The molecule has 0 heterocycles. The van der Waals surface area contributed by atoms with E-state index in [0.717, 1.165) is 6.42 Å². The molecule has 0 aliphatic carbocycles. The fraction of sp³-hybridized carbons (Fsp3) is 0.500. The quantitative estimate of drug-likeness (QED) is 0.459. The third-order valence-corrected chi connectivity index (χ3v) is 1.76. The Hall–Kier alpha value is -0.773. The Morgan fingerprint density at radius 3 is 2.90 bits per heavy atom. The number of hydrogen-bond donors (Lipinski definition) is 2. The predicted molar refractivity (Wildman–Crippen MR) is 44.3 cm³/mol. The van der Waals surface area contributed by atoms with Crippen LogP contribution in [0.5, 0.6) is 0 Å². The summed E-state index contributed by atoms with van der Waals surface area (Å²) in [6.45, 7) is 0. The average molecular weight is 159 g/mol. The van der Waals surface area contributed by atoms with Crippen molar-refractivity contribution in [1.82, 2.24) is 5.32 Å².